The van der Waals surface area contributed by atoms with Crippen LogP contribution in [0, 0.1) is 0 Å². The molecule has 7 heteroatoms. The van der Waals surface area contributed by atoms with Crippen LogP contribution in [-0.2, 0) is 22.6 Å². The topological polar surface area (TPSA) is 84.3 Å². The molecule has 1 aliphatic rings. The van der Waals surface area contributed by atoms with Gasteiger partial charge < -0.3 is 9.29 Å². The van der Waals surface area contributed by atoms with E-state index in [0.717, 1.165) is 18.4 Å². The van der Waals surface area contributed by atoms with Crippen molar-refractivity contribution in [3.05, 3.63) is 46.3 Å². The average Bonchev–Trinajstić information content (AvgIpc) is 2.56. The highest BCUT2D eigenvalue weighted by Crippen LogP contribution is 2.27. The lowest BCUT2D eigenvalue weighted by atomic mass is 10.00. The van der Waals surface area contributed by atoms with Gasteiger partial charge in [0.1, 0.15) is 4.75 Å². The fraction of sp³-hybridized carbons (Fsp3) is 0.667. The first-order valence-corrected chi connectivity index (χ1v) is 9.82. The van der Waals surface area contributed by atoms with E-state index in [9.17, 15) is 4.55 Å². The Morgan fingerprint density at radius 2 is 2.00 bits per heavy atom. The predicted molar refractivity (Wildman–Crippen MR) is 101 cm³/mol. The minimum absolute atomic E-state index is 0.00449. The van der Waals surface area contributed by atoms with Gasteiger partial charge in [-0.1, -0.05) is 35.4 Å². The van der Waals surface area contributed by atoms with Gasteiger partial charge in [0, 0.05) is 16.3 Å². The first kappa shape index (κ1) is 20.1. The molecule has 1 aliphatic heterocycles. The summed E-state index contributed by atoms with van der Waals surface area (Å²) in [7, 11) is 0. The molecule has 2 rings (SSSR count). The Kier molecular flexibility index (Phi) is 7.16. The molecule has 3 unspecified atom stereocenters. The van der Waals surface area contributed by atoms with E-state index in [0.29, 0.717) is 13.1 Å². The number of azide groups is 1. The number of ether oxygens (including phenoxy) is 1. The molecule has 0 bridgehead atoms. The molecule has 1 aromatic rings. The lowest BCUT2D eigenvalue weighted by molar-refractivity contribution is -0.0570. The molecular weight excluding hydrogens is 336 g/mol. The summed E-state index contributed by atoms with van der Waals surface area (Å²) in [6.07, 6.45) is 1.49. The summed E-state index contributed by atoms with van der Waals surface area (Å²) >= 11 is -1.13. The third-order valence-corrected chi connectivity index (χ3v) is 6.10. The molecular formula is C18H28N4O2S. The van der Waals surface area contributed by atoms with Crippen LogP contribution in [0.15, 0.2) is 35.4 Å². The summed E-state index contributed by atoms with van der Waals surface area (Å²) in [6, 6.07) is 9.96. The predicted octanol–water partition coefficient (Wildman–Crippen LogP) is 4.20. The maximum Gasteiger partial charge on any atom is 0.137 e. The lowest BCUT2D eigenvalue weighted by Gasteiger charge is -2.38. The van der Waals surface area contributed by atoms with Crippen LogP contribution >= 0.6 is 0 Å². The van der Waals surface area contributed by atoms with E-state index in [1.807, 2.05) is 50.2 Å². The second kappa shape index (κ2) is 8.92. The Morgan fingerprint density at radius 1 is 1.32 bits per heavy atom. The van der Waals surface area contributed by atoms with Crippen LogP contribution in [0.25, 0.3) is 10.4 Å². The molecule has 138 valence electrons. The quantitative estimate of drug-likeness (QED) is 0.328. The highest BCUT2D eigenvalue weighted by Gasteiger charge is 2.36. The zero-order chi connectivity index (χ0) is 18.4. The van der Waals surface area contributed by atoms with Gasteiger partial charge in [-0.2, -0.15) is 0 Å². The molecule has 0 aliphatic carbocycles. The summed E-state index contributed by atoms with van der Waals surface area (Å²) in [5.74, 6) is 0. The van der Waals surface area contributed by atoms with Crippen LogP contribution in [0.4, 0.5) is 0 Å². The minimum Gasteiger partial charge on any atom is -0.597 e. The number of hydrogen-bond acceptors (Lipinski definition) is 4. The van der Waals surface area contributed by atoms with Crippen molar-refractivity contribution < 1.29 is 9.29 Å². The lowest BCUT2D eigenvalue weighted by Crippen LogP contribution is -2.48. The maximum atomic E-state index is 13.0. The molecule has 1 heterocycles. The molecule has 6 nitrogen and oxygen atoms in total. The minimum atomic E-state index is -1.13. The Balaban J connectivity index is 2.07. The van der Waals surface area contributed by atoms with Crippen molar-refractivity contribution in [1.29, 1.82) is 0 Å². The van der Waals surface area contributed by atoms with E-state index in [-0.39, 0.29) is 23.0 Å². The molecule has 0 amide bonds. The van der Waals surface area contributed by atoms with Crippen molar-refractivity contribution in [2.75, 3.05) is 6.54 Å². The average molecular weight is 365 g/mol. The zero-order valence-electron chi connectivity index (χ0n) is 15.5. The summed E-state index contributed by atoms with van der Waals surface area (Å²) in [5, 5.41) is 3.80. The van der Waals surface area contributed by atoms with Gasteiger partial charge in [0.25, 0.3) is 0 Å². The van der Waals surface area contributed by atoms with E-state index in [2.05, 4.69) is 22.2 Å². The van der Waals surface area contributed by atoms with Crippen LogP contribution in [0.2, 0.25) is 0 Å². The van der Waals surface area contributed by atoms with Gasteiger partial charge in [0.15, 0.2) is 0 Å². The molecule has 1 saturated heterocycles. The molecule has 0 N–H and O–H groups in total. The van der Waals surface area contributed by atoms with Crippen molar-refractivity contribution in [2.45, 2.75) is 70.1 Å². The number of hydrogen-bond donors (Lipinski definition) is 0. The molecule has 1 fully saturated rings. The van der Waals surface area contributed by atoms with E-state index in [1.54, 1.807) is 0 Å². The van der Waals surface area contributed by atoms with Crippen LogP contribution in [0.1, 0.15) is 46.1 Å². The largest absolute Gasteiger partial charge is 0.597 e. The molecule has 0 spiro atoms. The zero-order valence-corrected chi connectivity index (χ0v) is 16.3. The summed E-state index contributed by atoms with van der Waals surface area (Å²) in [6.45, 7) is 9.13. The van der Waals surface area contributed by atoms with Crippen LogP contribution in [-0.4, -0.2) is 38.4 Å². The fourth-order valence-electron chi connectivity index (χ4n) is 3.00. The summed E-state index contributed by atoms with van der Waals surface area (Å²) in [4.78, 5) is 2.90. The number of nitrogens with zero attached hydrogens (tertiary/aromatic N) is 4. The Morgan fingerprint density at radius 3 is 2.56 bits per heavy atom. The molecule has 1 aromatic carbocycles. The van der Waals surface area contributed by atoms with Crippen LogP contribution < -0.4 is 0 Å². The smallest absolute Gasteiger partial charge is 0.137 e. The third-order valence-electron chi connectivity index (χ3n) is 4.30. The normalized spacial score (nSPS) is 25.4. The summed E-state index contributed by atoms with van der Waals surface area (Å²) in [5.41, 5.74) is 9.76. The molecule has 4 atom stereocenters. The molecule has 0 aromatic heterocycles. The van der Waals surface area contributed by atoms with E-state index >= 15 is 0 Å². The summed E-state index contributed by atoms with van der Waals surface area (Å²) < 4.78 is 20.7. The number of rotatable bonds is 6. The van der Waals surface area contributed by atoms with Gasteiger partial charge in [0.2, 0.25) is 0 Å². The van der Waals surface area contributed by atoms with Crippen LogP contribution in [0.5, 0.6) is 0 Å². The second-order valence-corrected chi connectivity index (χ2v) is 9.72. The van der Waals surface area contributed by atoms with Gasteiger partial charge in [-0.25, -0.2) is 0 Å². The molecule has 0 radical (unpaired) electrons. The van der Waals surface area contributed by atoms with Crippen LogP contribution in [0.3, 0.4) is 0 Å². The molecule has 0 saturated carbocycles. The highest BCUT2D eigenvalue weighted by molar-refractivity contribution is 7.90. The monoisotopic (exact) mass is 364 g/mol. The van der Waals surface area contributed by atoms with Crippen molar-refractivity contribution >= 4 is 11.4 Å². The van der Waals surface area contributed by atoms with Crippen molar-refractivity contribution in [1.82, 2.24) is 4.31 Å². The van der Waals surface area contributed by atoms with Gasteiger partial charge in [-0.05, 0) is 51.6 Å². The molecule has 25 heavy (non-hydrogen) atoms. The Labute approximate surface area is 153 Å². The van der Waals surface area contributed by atoms with Gasteiger partial charge in [0.05, 0.1) is 31.3 Å². The Hall–Kier alpha value is -1.24. The maximum absolute atomic E-state index is 13.0. The van der Waals surface area contributed by atoms with E-state index < -0.39 is 11.4 Å². The SMILES string of the molecule is CC1O[C@H](CN(Cc2ccccc2)[S+]([O-])C(C)(C)C)CCC1N=[N+]=[N-]. The Bertz CT molecular complexity index is 586. The van der Waals surface area contributed by atoms with E-state index in [4.69, 9.17) is 10.3 Å². The van der Waals surface area contributed by atoms with Crippen molar-refractivity contribution in [3.63, 3.8) is 0 Å². The second-order valence-electron chi connectivity index (χ2n) is 7.48. The van der Waals surface area contributed by atoms with Crippen molar-refractivity contribution in [3.8, 4) is 0 Å². The number of benzene rings is 1. The van der Waals surface area contributed by atoms with Gasteiger partial charge in [-0.3, -0.25) is 0 Å². The van der Waals surface area contributed by atoms with Gasteiger partial charge >= 0.3 is 0 Å². The van der Waals surface area contributed by atoms with Gasteiger partial charge in [-0.15, -0.1) is 4.31 Å². The highest BCUT2D eigenvalue weighted by atomic mass is 32.2. The third kappa shape index (κ3) is 5.90. The van der Waals surface area contributed by atoms with Crippen molar-refractivity contribution in [2.24, 2.45) is 5.11 Å². The van der Waals surface area contributed by atoms with E-state index in [1.165, 1.54) is 0 Å². The fourth-order valence-corrected chi connectivity index (χ4v) is 4.34. The first-order valence-electron chi connectivity index (χ1n) is 8.72. The standard InChI is InChI=1S/C18H28N4O2S/c1-14-17(20-21-19)11-10-16(24-14)13-22(25(23)18(2,3)4)12-15-8-6-5-7-9-15/h5-9,14,16-17H,10-13H2,1-4H3/t14?,16-,17?,25?/m0/s1. The first-order chi connectivity index (χ1) is 11.8.